The van der Waals surface area contributed by atoms with Crippen molar-refractivity contribution >= 4 is 44.9 Å². The van der Waals surface area contributed by atoms with Gasteiger partial charge in [0.2, 0.25) is 0 Å². The van der Waals surface area contributed by atoms with Crippen LogP contribution in [0.5, 0.6) is 0 Å². The van der Waals surface area contributed by atoms with E-state index >= 15 is 0 Å². The van der Waals surface area contributed by atoms with Crippen molar-refractivity contribution in [3.8, 4) is 0 Å². The molecule has 2 rings (SSSR count). The van der Waals surface area contributed by atoms with E-state index in [0.717, 1.165) is 0 Å². The Morgan fingerprint density at radius 3 is 2.86 bits per heavy atom. The highest BCUT2D eigenvalue weighted by atomic mass is 79.9. The Bertz CT molecular complexity index is 681. The molecule has 1 aromatic carbocycles. The first-order chi connectivity index (χ1) is 10.0. The van der Waals surface area contributed by atoms with Gasteiger partial charge < -0.3 is 10.6 Å². The summed E-state index contributed by atoms with van der Waals surface area (Å²) in [6.07, 6.45) is 1.60. The minimum absolute atomic E-state index is 0.0490. The molecule has 1 heterocycles. The van der Waals surface area contributed by atoms with Gasteiger partial charge >= 0.3 is 0 Å². The van der Waals surface area contributed by atoms with Gasteiger partial charge in [0.05, 0.1) is 10.6 Å². The molecular formula is C14H12BrClFN3O. The smallest absolute Gasteiger partial charge is 0.259 e. The van der Waals surface area contributed by atoms with Crippen LogP contribution in [0, 0.1) is 5.82 Å². The van der Waals surface area contributed by atoms with E-state index in [2.05, 4.69) is 31.5 Å². The number of pyridine rings is 1. The molecule has 0 saturated carbocycles. The molecule has 1 aromatic heterocycles. The molecule has 1 amide bonds. The van der Waals surface area contributed by atoms with Gasteiger partial charge in [0.25, 0.3) is 5.91 Å². The Morgan fingerprint density at radius 1 is 1.43 bits per heavy atom. The molecule has 110 valence electrons. The summed E-state index contributed by atoms with van der Waals surface area (Å²) in [5.74, 6) is -0.416. The molecule has 0 spiro atoms. The van der Waals surface area contributed by atoms with Crippen molar-refractivity contribution in [1.82, 2.24) is 4.98 Å². The van der Waals surface area contributed by atoms with Crippen molar-refractivity contribution in [2.45, 2.75) is 6.92 Å². The third-order valence-corrected chi connectivity index (χ3v) is 3.34. The van der Waals surface area contributed by atoms with Gasteiger partial charge in [-0.15, -0.1) is 0 Å². The van der Waals surface area contributed by atoms with Crippen molar-refractivity contribution < 1.29 is 9.18 Å². The number of aromatic nitrogens is 1. The number of halogens is 3. The van der Waals surface area contributed by atoms with Crippen LogP contribution in [-0.4, -0.2) is 17.4 Å². The maximum Gasteiger partial charge on any atom is 0.259 e. The number of nitrogens with zero attached hydrogens (tertiary/aromatic N) is 1. The normalized spacial score (nSPS) is 10.3. The number of rotatable bonds is 4. The van der Waals surface area contributed by atoms with Gasteiger partial charge in [-0.1, -0.05) is 11.6 Å². The van der Waals surface area contributed by atoms with Crippen LogP contribution in [0.15, 0.2) is 34.9 Å². The molecule has 0 atom stereocenters. The SMILES string of the molecule is CCNc1ncc(Br)cc1C(=O)Nc1ccc(F)c(Cl)c1. The second-order valence-electron chi connectivity index (χ2n) is 4.16. The van der Waals surface area contributed by atoms with E-state index in [9.17, 15) is 9.18 Å². The van der Waals surface area contributed by atoms with Crippen molar-refractivity contribution in [3.05, 3.63) is 51.3 Å². The number of anilines is 2. The average molecular weight is 373 g/mol. The van der Waals surface area contributed by atoms with Gasteiger partial charge in [-0.2, -0.15) is 0 Å². The van der Waals surface area contributed by atoms with E-state index in [1.54, 1.807) is 12.3 Å². The molecule has 2 N–H and O–H groups in total. The topological polar surface area (TPSA) is 54.0 Å². The van der Waals surface area contributed by atoms with Crippen LogP contribution in [0.25, 0.3) is 0 Å². The van der Waals surface area contributed by atoms with Crippen LogP contribution in [0.4, 0.5) is 15.9 Å². The Morgan fingerprint density at radius 2 is 2.19 bits per heavy atom. The highest BCUT2D eigenvalue weighted by molar-refractivity contribution is 9.10. The zero-order valence-corrected chi connectivity index (χ0v) is 13.4. The molecule has 21 heavy (non-hydrogen) atoms. The van der Waals surface area contributed by atoms with E-state index in [4.69, 9.17) is 11.6 Å². The van der Waals surface area contributed by atoms with Crippen molar-refractivity contribution in [3.63, 3.8) is 0 Å². The predicted octanol–water partition coefficient (Wildman–Crippen LogP) is 4.32. The molecule has 0 bridgehead atoms. The zero-order chi connectivity index (χ0) is 15.4. The molecule has 0 radical (unpaired) electrons. The highest BCUT2D eigenvalue weighted by Crippen LogP contribution is 2.22. The monoisotopic (exact) mass is 371 g/mol. The highest BCUT2D eigenvalue weighted by Gasteiger charge is 2.14. The minimum atomic E-state index is -0.535. The van der Waals surface area contributed by atoms with Crippen molar-refractivity contribution in [2.24, 2.45) is 0 Å². The number of hydrogen-bond donors (Lipinski definition) is 2. The first-order valence-corrected chi connectivity index (χ1v) is 7.34. The van der Waals surface area contributed by atoms with Crippen LogP contribution in [0.2, 0.25) is 5.02 Å². The molecule has 0 saturated heterocycles. The third kappa shape index (κ3) is 3.92. The van der Waals surface area contributed by atoms with Gasteiger partial charge in [0.15, 0.2) is 0 Å². The van der Waals surface area contributed by atoms with E-state index in [-0.39, 0.29) is 10.9 Å². The van der Waals surface area contributed by atoms with E-state index < -0.39 is 5.82 Å². The summed E-state index contributed by atoms with van der Waals surface area (Å²) >= 11 is 8.97. The first-order valence-electron chi connectivity index (χ1n) is 6.17. The fourth-order valence-corrected chi connectivity index (χ4v) is 2.20. The Balaban J connectivity index is 2.27. The summed E-state index contributed by atoms with van der Waals surface area (Å²) in [5, 5.41) is 5.62. The first kappa shape index (κ1) is 15.7. The molecule has 0 fully saturated rings. The quantitative estimate of drug-likeness (QED) is 0.840. The molecule has 0 unspecified atom stereocenters. The van der Waals surface area contributed by atoms with Gasteiger partial charge in [-0.05, 0) is 47.1 Å². The summed E-state index contributed by atoms with van der Waals surface area (Å²) in [6, 6.07) is 5.65. The minimum Gasteiger partial charge on any atom is -0.370 e. The molecule has 4 nitrogen and oxygen atoms in total. The van der Waals surface area contributed by atoms with Crippen LogP contribution >= 0.6 is 27.5 Å². The zero-order valence-electron chi connectivity index (χ0n) is 11.1. The second-order valence-corrected chi connectivity index (χ2v) is 5.49. The van der Waals surface area contributed by atoms with Gasteiger partial charge in [0.1, 0.15) is 11.6 Å². The summed E-state index contributed by atoms with van der Waals surface area (Å²) in [4.78, 5) is 16.5. The lowest BCUT2D eigenvalue weighted by molar-refractivity contribution is 0.102. The van der Waals surface area contributed by atoms with Crippen LogP contribution < -0.4 is 10.6 Å². The van der Waals surface area contributed by atoms with Crippen LogP contribution in [0.3, 0.4) is 0 Å². The number of carbonyl (C=O) groups is 1. The largest absolute Gasteiger partial charge is 0.370 e. The Kier molecular flexibility index (Phi) is 5.14. The fraction of sp³-hybridized carbons (Fsp3) is 0.143. The number of amides is 1. The standard InChI is InChI=1S/C14H12BrClFN3O/c1-2-18-13-10(5-8(15)7-19-13)14(21)20-9-3-4-12(17)11(16)6-9/h3-7H,2H2,1H3,(H,18,19)(H,20,21). The third-order valence-electron chi connectivity index (χ3n) is 2.62. The van der Waals surface area contributed by atoms with E-state index in [1.807, 2.05) is 6.92 Å². The van der Waals surface area contributed by atoms with E-state index in [0.29, 0.717) is 28.1 Å². The number of nitrogens with one attached hydrogen (secondary N) is 2. The lowest BCUT2D eigenvalue weighted by atomic mass is 10.2. The van der Waals surface area contributed by atoms with E-state index in [1.165, 1.54) is 18.2 Å². The number of hydrogen-bond acceptors (Lipinski definition) is 3. The maximum atomic E-state index is 13.1. The van der Waals surface area contributed by atoms with Crippen LogP contribution in [0.1, 0.15) is 17.3 Å². The average Bonchev–Trinajstić information content (AvgIpc) is 2.45. The molecule has 0 aliphatic heterocycles. The number of benzene rings is 1. The van der Waals surface area contributed by atoms with Gasteiger partial charge in [0, 0.05) is 22.9 Å². The Labute approximate surface area is 134 Å². The van der Waals surface area contributed by atoms with Crippen molar-refractivity contribution in [1.29, 1.82) is 0 Å². The fourth-order valence-electron chi connectivity index (χ4n) is 1.69. The van der Waals surface area contributed by atoms with Crippen molar-refractivity contribution in [2.75, 3.05) is 17.2 Å². The van der Waals surface area contributed by atoms with Gasteiger partial charge in [-0.3, -0.25) is 4.79 Å². The lowest BCUT2D eigenvalue weighted by Gasteiger charge is -2.11. The lowest BCUT2D eigenvalue weighted by Crippen LogP contribution is -2.16. The van der Waals surface area contributed by atoms with Crippen LogP contribution in [-0.2, 0) is 0 Å². The number of carbonyl (C=O) groups excluding carboxylic acids is 1. The summed E-state index contributed by atoms with van der Waals surface area (Å²) in [5.41, 5.74) is 0.792. The molecule has 2 aromatic rings. The summed E-state index contributed by atoms with van der Waals surface area (Å²) < 4.78 is 13.8. The molecule has 7 heteroatoms. The Hall–Kier alpha value is -1.66. The predicted molar refractivity (Wildman–Crippen MR) is 85.5 cm³/mol. The van der Waals surface area contributed by atoms with Gasteiger partial charge in [-0.25, -0.2) is 9.37 Å². The maximum absolute atomic E-state index is 13.1. The molecule has 0 aliphatic rings. The second kappa shape index (κ2) is 6.87. The molecule has 0 aliphatic carbocycles. The summed E-state index contributed by atoms with van der Waals surface area (Å²) in [7, 11) is 0. The summed E-state index contributed by atoms with van der Waals surface area (Å²) in [6.45, 7) is 2.54. The molecular weight excluding hydrogens is 361 g/mol.